The van der Waals surface area contributed by atoms with Crippen molar-refractivity contribution in [3.63, 3.8) is 0 Å². The smallest absolute Gasteiger partial charge is 0.127 e. The first-order valence-corrected chi connectivity index (χ1v) is 7.16. The van der Waals surface area contributed by atoms with Crippen molar-refractivity contribution in [2.75, 3.05) is 19.6 Å². The molecular formula is C17H20N2O. The summed E-state index contributed by atoms with van der Waals surface area (Å²) in [5.74, 6) is 1.76. The van der Waals surface area contributed by atoms with Gasteiger partial charge in [0.15, 0.2) is 0 Å². The van der Waals surface area contributed by atoms with Gasteiger partial charge in [-0.1, -0.05) is 30.3 Å². The number of hydrogen-bond acceptors (Lipinski definition) is 3. The Morgan fingerprint density at radius 2 is 1.65 bits per heavy atom. The Morgan fingerprint density at radius 1 is 0.900 bits per heavy atom. The molecule has 1 saturated heterocycles. The number of ether oxygens (including phenoxy) is 1. The molecule has 1 atom stereocenters. The minimum atomic E-state index is 0.532. The first kappa shape index (κ1) is 13.2. The summed E-state index contributed by atoms with van der Waals surface area (Å²) in [4.78, 5) is 0. The summed E-state index contributed by atoms with van der Waals surface area (Å²) in [6.45, 7) is 3.17. The molecule has 0 radical (unpaired) electrons. The standard InChI is InChI=1S/C17H20N2O/c1-2-4-16(5-3-1)20-17-8-6-14(7-9-17)12-15-13-18-10-11-19-15/h1-9,15,18-19H,10-13H2. The lowest BCUT2D eigenvalue weighted by Crippen LogP contribution is -2.49. The molecule has 2 aromatic carbocycles. The topological polar surface area (TPSA) is 33.3 Å². The van der Waals surface area contributed by atoms with E-state index in [1.807, 2.05) is 42.5 Å². The highest BCUT2D eigenvalue weighted by atomic mass is 16.5. The largest absolute Gasteiger partial charge is 0.457 e. The minimum absolute atomic E-state index is 0.532. The Labute approximate surface area is 120 Å². The number of hydrogen-bond donors (Lipinski definition) is 2. The highest BCUT2D eigenvalue weighted by Crippen LogP contribution is 2.21. The fourth-order valence-electron chi connectivity index (χ4n) is 2.46. The van der Waals surface area contributed by atoms with Crippen LogP contribution in [0.3, 0.4) is 0 Å². The van der Waals surface area contributed by atoms with Crippen LogP contribution in [0.25, 0.3) is 0 Å². The molecule has 20 heavy (non-hydrogen) atoms. The highest BCUT2D eigenvalue weighted by Gasteiger charge is 2.12. The molecule has 1 heterocycles. The van der Waals surface area contributed by atoms with Crippen LogP contribution in [0.15, 0.2) is 54.6 Å². The Bertz CT molecular complexity index is 518. The van der Waals surface area contributed by atoms with E-state index < -0.39 is 0 Å². The fourth-order valence-corrected chi connectivity index (χ4v) is 2.46. The van der Waals surface area contributed by atoms with E-state index >= 15 is 0 Å². The SMILES string of the molecule is c1ccc(Oc2ccc(CC3CNCCN3)cc2)cc1. The van der Waals surface area contributed by atoms with Crippen LogP contribution in [0.5, 0.6) is 11.5 Å². The van der Waals surface area contributed by atoms with Gasteiger partial charge in [-0.3, -0.25) is 0 Å². The molecule has 1 aliphatic rings. The van der Waals surface area contributed by atoms with Crippen molar-refractivity contribution in [3.05, 3.63) is 60.2 Å². The Morgan fingerprint density at radius 3 is 2.35 bits per heavy atom. The Hall–Kier alpha value is -1.84. The zero-order valence-corrected chi connectivity index (χ0v) is 11.5. The van der Waals surface area contributed by atoms with E-state index in [0.717, 1.165) is 37.6 Å². The van der Waals surface area contributed by atoms with E-state index in [9.17, 15) is 0 Å². The lowest BCUT2D eigenvalue weighted by molar-refractivity contribution is 0.416. The lowest BCUT2D eigenvalue weighted by atomic mass is 10.0. The molecule has 0 aliphatic carbocycles. The number of rotatable bonds is 4. The van der Waals surface area contributed by atoms with Crippen molar-refractivity contribution in [1.29, 1.82) is 0 Å². The molecule has 0 amide bonds. The first-order chi connectivity index (χ1) is 9.90. The van der Waals surface area contributed by atoms with Gasteiger partial charge in [0.2, 0.25) is 0 Å². The zero-order chi connectivity index (χ0) is 13.6. The maximum Gasteiger partial charge on any atom is 0.127 e. The molecule has 3 rings (SSSR count). The summed E-state index contributed by atoms with van der Waals surface area (Å²) in [5.41, 5.74) is 1.34. The molecule has 1 unspecified atom stereocenters. The van der Waals surface area contributed by atoms with Gasteiger partial charge in [0.05, 0.1) is 0 Å². The molecule has 2 N–H and O–H groups in total. The van der Waals surface area contributed by atoms with Crippen molar-refractivity contribution in [2.24, 2.45) is 0 Å². The molecule has 0 aromatic heterocycles. The predicted molar refractivity (Wildman–Crippen MR) is 81.3 cm³/mol. The minimum Gasteiger partial charge on any atom is -0.457 e. The maximum absolute atomic E-state index is 5.80. The second-order valence-corrected chi connectivity index (χ2v) is 5.12. The van der Waals surface area contributed by atoms with Crippen molar-refractivity contribution in [3.8, 4) is 11.5 Å². The van der Waals surface area contributed by atoms with Crippen LogP contribution in [0.4, 0.5) is 0 Å². The first-order valence-electron chi connectivity index (χ1n) is 7.16. The van der Waals surface area contributed by atoms with Crippen molar-refractivity contribution in [1.82, 2.24) is 10.6 Å². The number of benzene rings is 2. The average Bonchev–Trinajstić information content (AvgIpc) is 2.51. The predicted octanol–water partition coefficient (Wildman–Crippen LogP) is 2.58. The number of nitrogens with one attached hydrogen (secondary N) is 2. The third-order valence-corrected chi connectivity index (χ3v) is 3.51. The van der Waals surface area contributed by atoms with E-state index in [0.29, 0.717) is 6.04 Å². The molecule has 1 fully saturated rings. The van der Waals surface area contributed by atoms with E-state index in [4.69, 9.17) is 4.74 Å². The van der Waals surface area contributed by atoms with Gasteiger partial charge in [0, 0.05) is 25.7 Å². The van der Waals surface area contributed by atoms with Gasteiger partial charge in [0.25, 0.3) is 0 Å². The van der Waals surface area contributed by atoms with Crippen LogP contribution in [-0.2, 0) is 6.42 Å². The van der Waals surface area contributed by atoms with Gasteiger partial charge in [-0.2, -0.15) is 0 Å². The van der Waals surface area contributed by atoms with Crippen molar-refractivity contribution >= 4 is 0 Å². The van der Waals surface area contributed by atoms with Crippen molar-refractivity contribution < 1.29 is 4.74 Å². The van der Waals surface area contributed by atoms with E-state index in [2.05, 4.69) is 22.8 Å². The molecule has 0 spiro atoms. The molecule has 3 heteroatoms. The normalized spacial score (nSPS) is 18.7. The molecule has 0 saturated carbocycles. The van der Waals surface area contributed by atoms with Crippen LogP contribution in [0.2, 0.25) is 0 Å². The quantitative estimate of drug-likeness (QED) is 0.894. The molecule has 1 aliphatic heterocycles. The molecular weight excluding hydrogens is 248 g/mol. The molecule has 2 aromatic rings. The number of para-hydroxylation sites is 1. The third kappa shape index (κ3) is 3.59. The number of piperazine rings is 1. The van der Waals surface area contributed by atoms with Crippen LogP contribution in [-0.4, -0.2) is 25.7 Å². The maximum atomic E-state index is 5.80. The summed E-state index contributed by atoms with van der Waals surface area (Å²) in [5, 5.41) is 6.94. The second-order valence-electron chi connectivity index (χ2n) is 5.12. The highest BCUT2D eigenvalue weighted by molar-refractivity contribution is 5.33. The summed E-state index contributed by atoms with van der Waals surface area (Å²) < 4.78 is 5.80. The summed E-state index contributed by atoms with van der Waals surface area (Å²) in [7, 11) is 0. The Kier molecular flexibility index (Phi) is 4.31. The van der Waals surface area contributed by atoms with Gasteiger partial charge in [0.1, 0.15) is 11.5 Å². The van der Waals surface area contributed by atoms with E-state index in [-0.39, 0.29) is 0 Å². The van der Waals surface area contributed by atoms with Crippen LogP contribution in [0, 0.1) is 0 Å². The lowest BCUT2D eigenvalue weighted by Gasteiger charge is -2.24. The molecule has 104 valence electrons. The van der Waals surface area contributed by atoms with Gasteiger partial charge in [-0.05, 0) is 36.2 Å². The molecule has 0 bridgehead atoms. The average molecular weight is 268 g/mol. The van der Waals surface area contributed by atoms with Crippen LogP contribution >= 0.6 is 0 Å². The summed E-state index contributed by atoms with van der Waals surface area (Å²) in [6, 6.07) is 18.8. The van der Waals surface area contributed by atoms with Gasteiger partial charge < -0.3 is 15.4 Å². The summed E-state index contributed by atoms with van der Waals surface area (Å²) in [6.07, 6.45) is 1.05. The van der Waals surface area contributed by atoms with E-state index in [1.54, 1.807) is 0 Å². The van der Waals surface area contributed by atoms with Gasteiger partial charge >= 0.3 is 0 Å². The molecule has 3 nitrogen and oxygen atoms in total. The summed E-state index contributed by atoms with van der Waals surface area (Å²) >= 11 is 0. The van der Waals surface area contributed by atoms with Gasteiger partial charge in [-0.25, -0.2) is 0 Å². The second kappa shape index (κ2) is 6.55. The fraction of sp³-hybridized carbons (Fsp3) is 0.294. The third-order valence-electron chi connectivity index (χ3n) is 3.51. The monoisotopic (exact) mass is 268 g/mol. The van der Waals surface area contributed by atoms with Crippen molar-refractivity contribution in [2.45, 2.75) is 12.5 Å². The Balaban J connectivity index is 1.59. The van der Waals surface area contributed by atoms with Crippen LogP contribution < -0.4 is 15.4 Å². The zero-order valence-electron chi connectivity index (χ0n) is 11.5. The van der Waals surface area contributed by atoms with Gasteiger partial charge in [-0.15, -0.1) is 0 Å². The van der Waals surface area contributed by atoms with Crippen LogP contribution in [0.1, 0.15) is 5.56 Å². The van der Waals surface area contributed by atoms with E-state index in [1.165, 1.54) is 5.56 Å².